The molecule has 1 spiro atoms. The van der Waals surface area contributed by atoms with Crippen LogP contribution in [0.25, 0.3) is 0 Å². The maximum Gasteiger partial charge on any atom is 0.327 e. The van der Waals surface area contributed by atoms with Crippen molar-refractivity contribution in [3.63, 3.8) is 0 Å². The lowest BCUT2D eigenvalue weighted by Gasteiger charge is -2.39. The number of urea groups is 1. The summed E-state index contributed by atoms with van der Waals surface area (Å²) in [6, 6.07) is 7.74. The lowest BCUT2D eigenvalue weighted by atomic mass is 9.73. The van der Waals surface area contributed by atoms with E-state index in [4.69, 9.17) is 11.6 Å². The molecule has 1 heterocycles. The van der Waals surface area contributed by atoms with Crippen LogP contribution in [0.2, 0.25) is 5.02 Å². The van der Waals surface area contributed by atoms with Crippen LogP contribution in [0.4, 0.5) is 4.79 Å². The molecule has 112 valence electrons. The van der Waals surface area contributed by atoms with Gasteiger partial charge in [0, 0.05) is 19.1 Å². The van der Waals surface area contributed by atoms with E-state index in [1.807, 2.05) is 12.1 Å². The summed E-state index contributed by atoms with van der Waals surface area (Å²) in [7, 11) is 3.31. The molecular weight excluding hydrogens is 288 g/mol. The molecule has 3 rings (SSSR count). The van der Waals surface area contributed by atoms with Crippen molar-refractivity contribution in [2.24, 2.45) is 0 Å². The minimum absolute atomic E-state index is 0.0513. The molecule has 1 saturated heterocycles. The van der Waals surface area contributed by atoms with E-state index in [0.717, 1.165) is 30.7 Å². The van der Waals surface area contributed by atoms with Crippen LogP contribution in [0, 0.1) is 0 Å². The van der Waals surface area contributed by atoms with Crippen LogP contribution in [0.3, 0.4) is 0 Å². The highest BCUT2D eigenvalue weighted by atomic mass is 35.5. The van der Waals surface area contributed by atoms with E-state index in [1.165, 1.54) is 10.5 Å². The minimum atomic E-state index is -0.616. The standard InChI is InChI=1S/C16H19ClN2O2/c1-18-14(20)16(19(2)15(18)21)9-7-12(8-10-16)11-3-5-13(17)6-4-11/h3-6,12H,7-10H2,1-2H3. The molecule has 5 heteroatoms. The second kappa shape index (κ2) is 5.02. The number of rotatable bonds is 1. The highest BCUT2D eigenvalue weighted by molar-refractivity contribution is 6.30. The van der Waals surface area contributed by atoms with E-state index in [1.54, 1.807) is 19.0 Å². The molecule has 0 unspecified atom stereocenters. The maximum atomic E-state index is 12.4. The summed E-state index contributed by atoms with van der Waals surface area (Å²) in [5.41, 5.74) is 0.649. The fourth-order valence-electron chi connectivity index (χ4n) is 3.66. The number of hydrogen-bond donors (Lipinski definition) is 0. The first-order valence-corrected chi connectivity index (χ1v) is 7.65. The molecule has 0 radical (unpaired) electrons. The molecule has 0 N–H and O–H groups in total. The highest BCUT2D eigenvalue weighted by Gasteiger charge is 2.55. The van der Waals surface area contributed by atoms with E-state index in [-0.39, 0.29) is 11.9 Å². The molecule has 1 aromatic carbocycles. The Balaban J connectivity index is 1.77. The van der Waals surface area contributed by atoms with Gasteiger partial charge in [-0.3, -0.25) is 9.69 Å². The van der Waals surface area contributed by atoms with Gasteiger partial charge in [-0.25, -0.2) is 4.79 Å². The number of imide groups is 1. The summed E-state index contributed by atoms with van der Waals surface area (Å²) in [5.74, 6) is 0.389. The average molecular weight is 307 g/mol. The number of carbonyl (C=O) groups excluding carboxylic acids is 2. The Kier molecular flexibility index (Phi) is 3.44. The van der Waals surface area contributed by atoms with E-state index in [9.17, 15) is 9.59 Å². The fourth-order valence-corrected chi connectivity index (χ4v) is 3.79. The predicted octanol–water partition coefficient (Wildman–Crippen LogP) is 3.26. The molecule has 1 aliphatic heterocycles. The van der Waals surface area contributed by atoms with Crippen LogP contribution in [-0.2, 0) is 4.79 Å². The van der Waals surface area contributed by atoms with Gasteiger partial charge in [0.05, 0.1) is 0 Å². The highest BCUT2D eigenvalue weighted by Crippen LogP contribution is 2.44. The first kappa shape index (κ1) is 14.4. The molecule has 21 heavy (non-hydrogen) atoms. The first-order valence-electron chi connectivity index (χ1n) is 7.27. The van der Waals surface area contributed by atoms with Gasteiger partial charge >= 0.3 is 6.03 Å². The Morgan fingerprint density at radius 1 is 1.10 bits per heavy atom. The van der Waals surface area contributed by atoms with Crippen molar-refractivity contribution < 1.29 is 9.59 Å². The minimum Gasteiger partial charge on any atom is -0.313 e. The Bertz CT molecular complexity index is 576. The van der Waals surface area contributed by atoms with Crippen molar-refractivity contribution >= 4 is 23.5 Å². The molecular formula is C16H19ClN2O2. The van der Waals surface area contributed by atoms with Crippen molar-refractivity contribution in [2.75, 3.05) is 14.1 Å². The topological polar surface area (TPSA) is 40.6 Å². The molecule has 4 nitrogen and oxygen atoms in total. The lowest BCUT2D eigenvalue weighted by Crippen LogP contribution is -2.50. The molecule has 3 amide bonds. The molecule has 1 saturated carbocycles. The molecule has 1 aromatic rings. The van der Waals surface area contributed by atoms with Crippen LogP contribution in [-0.4, -0.2) is 41.4 Å². The van der Waals surface area contributed by atoms with E-state index >= 15 is 0 Å². The van der Waals surface area contributed by atoms with Crippen LogP contribution in [0.5, 0.6) is 0 Å². The molecule has 2 fully saturated rings. The quantitative estimate of drug-likeness (QED) is 0.747. The summed E-state index contributed by atoms with van der Waals surface area (Å²) >= 11 is 5.93. The van der Waals surface area contributed by atoms with Crippen LogP contribution in [0.15, 0.2) is 24.3 Å². The molecule has 0 aromatic heterocycles. The summed E-state index contributed by atoms with van der Waals surface area (Å²) in [6.45, 7) is 0. The number of carbonyl (C=O) groups is 2. The van der Waals surface area contributed by atoms with Gasteiger partial charge in [-0.05, 0) is 49.3 Å². The normalized spacial score (nSPS) is 29.6. The molecule has 0 atom stereocenters. The third-order valence-corrected chi connectivity index (χ3v) is 5.32. The zero-order valence-corrected chi connectivity index (χ0v) is 13.1. The third kappa shape index (κ3) is 2.13. The van der Waals surface area contributed by atoms with Crippen molar-refractivity contribution in [3.05, 3.63) is 34.9 Å². The molecule has 2 aliphatic rings. The van der Waals surface area contributed by atoms with Crippen molar-refractivity contribution in [1.82, 2.24) is 9.80 Å². The van der Waals surface area contributed by atoms with Gasteiger partial charge in [0.15, 0.2) is 0 Å². The number of benzene rings is 1. The number of hydrogen-bond acceptors (Lipinski definition) is 2. The summed E-state index contributed by atoms with van der Waals surface area (Å²) in [4.78, 5) is 27.3. The number of likely N-dealkylation sites (N-methyl/N-ethyl adjacent to an activating group) is 2. The number of amides is 3. The molecule has 1 aliphatic carbocycles. The number of halogens is 1. The van der Waals surface area contributed by atoms with E-state index < -0.39 is 5.54 Å². The Morgan fingerprint density at radius 3 is 2.14 bits per heavy atom. The Hall–Kier alpha value is -1.55. The van der Waals surface area contributed by atoms with Crippen LogP contribution in [0.1, 0.15) is 37.2 Å². The van der Waals surface area contributed by atoms with Gasteiger partial charge in [-0.1, -0.05) is 23.7 Å². The second-order valence-corrected chi connectivity index (χ2v) is 6.50. The zero-order chi connectivity index (χ0) is 15.2. The third-order valence-electron chi connectivity index (χ3n) is 5.07. The van der Waals surface area contributed by atoms with Crippen LogP contribution >= 0.6 is 11.6 Å². The van der Waals surface area contributed by atoms with Gasteiger partial charge in [-0.2, -0.15) is 0 Å². The van der Waals surface area contributed by atoms with Gasteiger partial charge < -0.3 is 4.90 Å². The van der Waals surface area contributed by atoms with E-state index in [0.29, 0.717) is 5.92 Å². The van der Waals surface area contributed by atoms with E-state index in [2.05, 4.69) is 12.1 Å². The fraction of sp³-hybridized carbons (Fsp3) is 0.500. The Labute approximate surface area is 129 Å². The average Bonchev–Trinajstić information content (AvgIpc) is 2.66. The second-order valence-electron chi connectivity index (χ2n) is 6.06. The zero-order valence-electron chi connectivity index (χ0n) is 12.3. The SMILES string of the molecule is CN1C(=O)N(C)C2(CCC(c3ccc(Cl)cc3)CC2)C1=O. The van der Waals surface area contributed by atoms with Gasteiger partial charge in [0.25, 0.3) is 5.91 Å². The summed E-state index contributed by atoms with van der Waals surface area (Å²) in [6.07, 6.45) is 3.29. The smallest absolute Gasteiger partial charge is 0.313 e. The largest absolute Gasteiger partial charge is 0.327 e. The Morgan fingerprint density at radius 2 is 1.67 bits per heavy atom. The summed E-state index contributed by atoms with van der Waals surface area (Å²) < 4.78 is 0. The van der Waals surface area contributed by atoms with Gasteiger partial charge in [0.2, 0.25) is 0 Å². The van der Waals surface area contributed by atoms with Gasteiger partial charge in [0.1, 0.15) is 5.54 Å². The molecule has 0 bridgehead atoms. The van der Waals surface area contributed by atoms with Crippen LogP contribution < -0.4 is 0 Å². The van der Waals surface area contributed by atoms with Gasteiger partial charge in [-0.15, -0.1) is 0 Å². The van der Waals surface area contributed by atoms with Crippen molar-refractivity contribution in [2.45, 2.75) is 37.1 Å². The first-order chi connectivity index (χ1) is 9.95. The van der Waals surface area contributed by atoms with Crippen molar-refractivity contribution in [3.8, 4) is 0 Å². The number of nitrogens with zero attached hydrogens (tertiary/aromatic N) is 2. The van der Waals surface area contributed by atoms with Crippen molar-refractivity contribution in [1.29, 1.82) is 0 Å². The predicted molar refractivity (Wildman–Crippen MR) is 81.3 cm³/mol. The lowest BCUT2D eigenvalue weighted by molar-refractivity contribution is -0.133. The summed E-state index contributed by atoms with van der Waals surface area (Å²) in [5, 5.41) is 0.740. The maximum absolute atomic E-state index is 12.4. The monoisotopic (exact) mass is 306 g/mol.